The number of para-hydroxylation sites is 4. The van der Waals surface area contributed by atoms with Gasteiger partial charge in [-0.3, -0.25) is 19.2 Å². The van der Waals surface area contributed by atoms with Crippen molar-refractivity contribution in [3.63, 3.8) is 0 Å². The summed E-state index contributed by atoms with van der Waals surface area (Å²) in [5, 5.41) is 43.2. The van der Waals surface area contributed by atoms with Crippen LogP contribution in [0.25, 0.3) is 0 Å². The van der Waals surface area contributed by atoms with E-state index in [1.165, 1.54) is 66.7 Å². The zero-order valence-corrected chi connectivity index (χ0v) is 30.9. The molecule has 6 aromatic carbocycles. The Morgan fingerprint density at radius 1 is 0.443 bits per heavy atom. The fourth-order valence-corrected chi connectivity index (χ4v) is 6.29. The van der Waals surface area contributed by atoms with Crippen molar-refractivity contribution in [1.82, 2.24) is 0 Å². The summed E-state index contributed by atoms with van der Waals surface area (Å²) in [6, 6.07) is 28.3. The second-order valence-corrected chi connectivity index (χ2v) is 13.0. The predicted octanol–water partition coefficient (Wildman–Crippen LogP) is 7.37. The van der Waals surface area contributed by atoms with E-state index in [0.29, 0.717) is 0 Å². The minimum Gasteiger partial charge on any atom is -0.478 e. The number of aromatic carboxylic acids is 4. The van der Waals surface area contributed by atoms with Crippen LogP contribution in [-0.2, 0) is 0 Å². The Labute approximate surface area is 342 Å². The molecule has 6 aromatic rings. The number of hydrogen-bond acceptors (Lipinski definition) is 10. The minimum absolute atomic E-state index is 0.00872. The van der Waals surface area contributed by atoms with Crippen molar-refractivity contribution in [2.24, 2.45) is 0 Å². The normalized spacial score (nSPS) is 11.6. The van der Waals surface area contributed by atoms with E-state index in [2.05, 4.69) is 10.6 Å². The highest BCUT2D eigenvalue weighted by Gasteiger charge is 2.37. The molecule has 0 atom stereocenters. The van der Waals surface area contributed by atoms with E-state index in [9.17, 15) is 58.8 Å². The molecule has 0 spiro atoms. The molecular weight excluding hydrogens is 794 g/mol. The Morgan fingerprint density at radius 2 is 0.820 bits per heavy atom. The van der Waals surface area contributed by atoms with Gasteiger partial charge in [0.15, 0.2) is 11.5 Å². The molecule has 0 fully saturated rings. The number of rotatable bonds is 13. The van der Waals surface area contributed by atoms with Crippen LogP contribution >= 0.6 is 0 Å². The molecule has 0 aromatic heterocycles. The highest BCUT2D eigenvalue weighted by atomic mass is 16.5. The molecule has 1 aliphatic rings. The number of fused-ring (bicyclic) bond motifs is 1. The van der Waals surface area contributed by atoms with Crippen molar-refractivity contribution in [3.8, 4) is 23.0 Å². The lowest BCUT2D eigenvalue weighted by Gasteiger charge is -2.18. The number of nitrogens with zero attached hydrogens (tertiary/aromatic N) is 1. The number of carboxylic acid groups (broad SMARTS) is 4. The first-order chi connectivity index (χ1) is 29.2. The summed E-state index contributed by atoms with van der Waals surface area (Å²) in [5.41, 5.74) is -2.31. The van der Waals surface area contributed by atoms with Crippen LogP contribution in [0.2, 0.25) is 0 Å². The smallest absolute Gasteiger partial charge is 0.336 e. The van der Waals surface area contributed by atoms with Gasteiger partial charge in [-0.2, -0.15) is 0 Å². The van der Waals surface area contributed by atoms with Crippen LogP contribution in [0, 0.1) is 0 Å². The Morgan fingerprint density at radius 3 is 1.21 bits per heavy atom. The highest BCUT2D eigenvalue weighted by Crippen LogP contribution is 2.35. The first-order valence-corrected chi connectivity index (χ1v) is 17.7. The summed E-state index contributed by atoms with van der Waals surface area (Å²) in [6.45, 7) is 0. The molecule has 6 N–H and O–H groups in total. The largest absolute Gasteiger partial charge is 0.478 e. The Hall–Kier alpha value is -9.12. The van der Waals surface area contributed by atoms with Crippen LogP contribution in [0.15, 0.2) is 127 Å². The molecule has 17 heteroatoms. The van der Waals surface area contributed by atoms with Gasteiger partial charge in [0.2, 0.25) is 0 Å². The van der Waals surface area contributed by atoms with Crippen LogP contribution in [0.1, 0.15) is 82.9 Å². The lowest BCUT2D eigenvalue weighted by molar-refractivity contribution is 0.0651. The quantitative estimate of drug-likeness (QED) is 0.0622. The fourth-order valence-electron chi connectivity index (χ4n) is 6.29. The van der Waals surface area contributed by atoms with E-state index in [1.54, 1.807) is 36.4 Å². The maximum Gasteiger partial charge on any atom is 0.336 e. The number of carbonyl (C=O) groups is 8. The summed E-state index contributed by atoms with van der Waals surface area (Å²) < 4.78 is 11.7. The summed E-state index contributed by atoms with van der Waals surface area (Å²) in [6.07, 6.45) is 0. The molecule has 302 valence electrons. The van der Waals surface area contributed by atoms with Gasteiger partial charge in [-0.05, 0) is 91.0 Å². The van der Waals surface area contributed by atoms with Crippen LogP contribution in [-0.4, -0.2) is 67.9 Å². The van der Waals surface area contributed by atoms with Crippen LogP contribution in [0.3, 0.4) is 0 Å². The summed E-state index contributed by atoms with van der Waals surface area (Å²) in [5.74, 6) is -9.21. The fraction of sp³-hybridized carbons (Fsp3) is 0. The van der Waals surface area contributed by atoms with Gasteiger partial charge in [0, 0.05) is 11.1 Å². The molecule has 17 nitrogen and oxygen atoms in total. The molecule has 4 amide bonds. The van der Waals surface area contributed by atoms with Crippen molar-refractivity contribution in [1.29, 1.82) is 0 Å². The Bertz CT molecular complexity index is 2700. The molecule has 0 bridgehead atoms. The molecule has 0 saturated heterocycles. The van der Waals surface area contributed by atoms with E-state index in [-0.39, 0.29) is 62.3 Å². The summed E-state index contributed by atoms with van der Waals surface area (Å²) in [7, 11) is 0. The Balaban J connectivity index is 1.22. The van der Waals surface area contributed by atoms with Crippen molar-refractivity contribution in [2.75, 3.05) is 15.5 Å². The Kier molecular flexibility index (Phi) is 10.8. The zero-order chi connectivity index (χ0) is 43.5. The monoisotopic (exact) mass is 821 g/mol. The molecule has 0 aliphatic carbocycles. The third-order valence-electron chi connectivity index (χ3n) is 9.12. The predicted molar refractivity (Wildman–Crippen MR) is 214 cm³/mol. The maximum atomic E-state index is 14.0. The second-order valence-electron chi connectivity index (χ2n) is 13.0. The van der Waals surface area contributed by atoms with E-state index < -0.39 is 69.8 Å². The number of anilines is 3. The number of hydrogen-bond donors (Lipinski definition) is 6. The summed E-state index contributed by atoms with van der Waals surface area (Å²) >= 11 is 0. The average molecular weight is 822 g/mol. The number of amides is 4. The number of carbonyl (C=O) groups excluding carboxylic acids is 4. The van der Waals surface area contributed by atoms with Crippen molar-refractivity contribution in [3.05, 3.63) is 172 Å². The van der Waals surface area contributed by atoms with Gasteiger partial charge in [-0.15, -0.1) is 0 Å². The van der Waals surface area contributed by atoms with E-state index >= 15 is 0 Å². The molecule has 1 heterocycles. The van der Waals surface area contributed by atoms with Crippen molar-refractivity contribution in [2.45, 2.75) is 0 Å². The van der Waals surface area contributed by atoms with Crippen molar-refractivity contribution < 1.29 is 68.3 Å². The van der Waals surface area contributed by atoms with Gasteiger partial charge in [0.25, 0.3) is 23.6 Å². The molecule has 0 unspecified atom stereocenters. The third kappa shape index (κ3) is 8.18. The van der Waals surface area contributed by atoms with Gasteiger partial charge in [0.1, 0.15) is 11.5 Å². The molecule has 7 rings (SSSR count). The van der Waals surface area contributed by atoms with E-state index in [0.717, 1.165) is 29.2 Å². The number of imide groups is 1. The minimum atomic E-state index is -1.51. The van der Waals surface area contributed by atoms with Gasteiger partial charge in [-0.1, -0.05) is 36.4 Å². The highest BCUT2D eigenvalue weighted by molar-refractivity contribution is 6.34. The number of nitrogens with one attached hydrogen (secondary N) is 2. The second kappa shape index (κ2) is 16.4. The third-order valence-corrected chi connectivity index (χ3v) is 9.12. The van der Waals surface area contributed by atoms with Crippen molar-refractivity contribution >= 4 is 64.6 Å². The van der Waals surface area contributed by atoms with E-state index in [1.807, 2.05) is 0 Å². The standard InChI is InChI=1S/C44H27N3O14/c48-37(45-33-9-3-5-11-35(33)60-25-13-15-29(41(52)53)31(20-25)43(56)57)22-17-23(19-24(18-22)47-39(50)27-7-1-2-8-28(27)40(47)51)38(49)46-34-10-4-6-12-36(34)61-26-14-16-30(42(54)55)32(21-26)44(58)59/h1-21H,(H,45,48)(H,46,49)(H,52,53)(H,54,55)(H,56,57)(H,58,59). The number of carboxylic acids is 4. The number of benzene rings is 6. The maximum absolute atomic E-state index is 14.0. The number of ether oxygens (including phenoxy) is 2. The molecule has 1 aliphatic heterocycles. The lowest BCUT2D eigenvalue weighted by Crippen LogP contribution is -2.30. The van der Waals surface area contributed by atoms with Gasteiger partial charge in [0.05, 0.1) is 50.4 Å². The molecular formula is C44H27N3O14. The van der Waals surface area contributed by atoms with Crippen LogP contribution in [0.5, 0.6) is 23.0 Å². The summed E-state index contributed by atoms with van der Waals surface area (Å²) in [4.78, 5) is 103. The van der Waals surface area contributed by atoms with Crippen LogP contribution in [0.4, 0.5) is 17.1 Å². The molecule has 0 radical (unpaired) electrons. The van der Waals surface area contributed by atoms with Gasteiger partial charge < -0.3 is 40.5 Å². The topological polar surface area (TPSA) is 263 Å². The van der Waals surface area contributed by atoms with Gasteiger partial charge >= 0.3 is 23.9 Å². The average Bonchev–Trinajstić information content (AvgIpc) is 3.50. The lowest BCUT2D eigenvalue weighted by atomic mass is 10.1. The van der Waals surface area contributed by atoms with E-state index in [4.69, 9.17) is 9.47 Å². The SMILES string of the molecule is O=C(Nc1ccccc1Oc1ccc(C(=O)O)c(C(=O)O)c1)c1cc(C(=O)Nc2ccccc2Oc2ccc(C(=O)O)c(C(=O)O)c2)cc(N2C(=O)c3ccccc3C2=O)c1. The first kappa shape index (κ1) is 40.1. The molecule has 61 heavy (non-hydrogen) atoms. The molecule has 0 saturated carbocycles. The first-order valence-electron chi connectivity index (χ1n) is 17.7. The zero-order valence-electron chi connectivity index (χ0n) is 30.9. The van der Waals surface area contributed by atoms with Gasteiger partial charge in [-0.25, -0.2) is 24.1 Å². The van der Waals surface area contributed by atoms with Crippen LogP contribution < -0.4 is 25.0 Å².